The van der Waals surface area contributed by atoms with E-state index in [4.69, 9.17) is 0 Å². The highest BCUT2D eigenvalue weighted by Crippen LogP contribution is 2.40. The third-order valence-electron chi connectivity index (χ3n) is 7.78. The lowest BCUT2D eigenvalue weighted by atomic mass is 9.72. The molecular formula is C40H58. The molecule has 0 spiro atoms. The van der Waals surface area contributed by atoms with Crippen LogP contribution in [-0.4, -0.2) is 0 Å². The minimum atomic E-state index is 0.292. The van der Waals surface area contributed by atoms with Crippen molar-refractivity contribution in [1.82, 2.24) is 0 Å². The van der Waals surface area contributed by atoms with Gasteiger partial charge in [-0.1, -0.05) is 138 Å². The largest absolute Gasteiger partial charge is 0.0887 e. The predicted octanol–water partition coefficient (Wildman–Crippen LogP) is 13.0. The molecular weight excluding hydrogens is 480 g/mol. The lowest BCUT2D eigenvalue weighted by molar-refractivity contribution is 0.377. The van der Waals surface area contributed by atoms with Crippen LogP contribution >= 0.6 is 0 Å². The zero-order valence-electron chi connectivity index (χ0n) is 27.5. The maximum atomic E-state index is 2.40. The van der Waals surface area contributed by atoms with Crippen molar-refractivity contribution in [3.05, 3.63) is 130 Å². The Labute approximate surface area is 248 Å². The smallest absolute Gasteiger partial charge is 0.0104 e. The molecule has 1 aliphatic carbocycles. The van der Waals surface area contributed by atoms with Crippen LogP contribution in [0.25, 0.3) is 0 Å². The Balaban J connectivity index is 2.53. The second-order valence-electron chi connectivity index (χ2n) is 12.3. The van der Waals surface area contributed by atoms with Gasteiger partial charge in [0, 0.05) is 0 Å². The van der Waals surface area contributed by atoms with Crippen LogP contribution in [-0.2, 0) is 0 Å². The van der Waals surface area contributed by atoms with Crippen molar-refractivity contribution in [2.75, 3.05) is 0 Å². The fourth-order valence-electron chi connectivity index (χ4n) is 4.79. The maximum absolute atomic E-state index is 2.40. The molecule has 0 saturated carbocycles. The molecule has 0 heteroatoms. The molecule has 218 valence electrons. The summed E-state index contributed by atoms with van der Waals surface area (Å²) in [6.07, 6.45) is 39.3. The van der Waals surface area contributed by atoms with E-state index in [0.29, 0.717) is 5.41 Å². The summed E-state index contributed by atoms with van der Waals surface area (Å²) in [5.74, 6) is 0. The Kier molecular flexibility index (Phi) is 16.9. The van der Waals surface area contributed by atoms with Gasteiger partial charge >= 0.3 is 0 Å². The summed E-state index contributed by atoms with van der Waals surface area (Å²) in [5, 5.41) is 0. The Morgan fingerprint density at radius 3 is 1.82 bits per heavy atom. The van der Waals surface area contributed by atoms with E-state index in [0.717, 1.165) is 12.8 Å². The number of allylic oxidation sites excluding steroid dienone is 22. The molecule has 0 saturated heterocycles. The summed E-state index contributed by atoms with van der Waals surface area (Å²) in [7, 11) is 0. The molecule has 0 bridgehead atoms. The molecule has 0 aromatic heterocycles. The molecule has 0 unspecified atom stereocenters. The summed E-state index contributed by atoms with van der Waals surface area (Å²) < 4.78 is 0. The molecule has 40 heavy (non-hydrogen) atoms. The SMILES string of the molecule is CC=C(C)CCC(C)=CCCC(C)=CC=CC(C)=CC=CC=C(C)C=CC=C(C)C=CC1=C(C)CCCC1(C)C. The molecule has 0 atom stereocenters. The minimum Gasteiger partial charge on any atom is -0.0887 e. The molecule has 0 aromatic carbocycles. The van der Waals surface area contributed by atoms with Crippen molar-refractivity contribution < 1.29 is 0 Å². The highest BCUT2D eigenvalue weighted by atomic mass is 14.3. The normalized spacial score (nSPS) is 18.9. The van der Waals surface area contributed by atoms with E-state index in [1.165, 1.54) is 71.1 Å². The van der Waals surface area contributed by atoms with Gasteiger partial charge in [-0.25, -0.2) is 0 Å². The van der Waals surface area contributed by atoms with E-state index >= 15 is 0 Å². The quantitative estimate of drug-likeness (QED) is 0.152. The van der Waals surface area contributed by atoms with Crippen molar-refractivity contribution in [2.24, 2.45) is 5.41 Å². The van der Waals surface area contributed by atoms with Crippen LogP contribution in [0.15, 0.2) is 130 Å². The summed E-state index contributed by atoms with van der Waals surface area (Å²) in [4.78, 5) is 0. The van der Waals surface area contributed by atoms with Gasteiger partial charge in [0.2, 0.25) is 0 Å². The molecule has 0 fully saturated rings. The van der Waals surface area contributed by atoms with E-state index in [1.807, 2.05) is 0 Å². The molecule has 0 heterocycles. The van der Waals surface area contributed by atoms with E-state index in [2.05, 4.69) is 154 Å². The van der Waals surface area contributed by atoms with Gasteiger partial charge in [-0.15, -0.1) is 0 Å². The van der Waals surface area contributed by atoms with Crippen molar-refractivity contribution >= 4 is 0 Å². The monoisotopic (exact) mass is 538 g/mol. The van der Waals surface area contributed by atoms with Crippen molar-refractivity contribution in [3.8, 4) is 0 Å². The third kappa shape index (κ3) is 15.7. The fourth-order valence-corrected chi connectivity index (χ4v) is 4.79. The standard InChI is InChI=1S/C40H58/c1-11-32(2)27-28-36(6)24-16-23-35(5)22-14-20-33(3)18-12-13-19-34(4)21-15-25-37(7)29-30-39-38(8)26-17-31-40(39,9)10/h11-15,18-22,24-25,29-30H,16-17,23,26-28,31H2,1-10H3. The summed E-state index contributed by atoms with van der Waals surface area (Å²) >= 11 is 0. The van der Waals surface area contributed by atoms with Crippen LogP contribution in [0.5, 0.6) is 0 Å². The molecule has 0 aliphatic heterocycles. The first kappa shape index (κ1) is 35.2. The first-order valence-corrected chi connectivity index (χ1v) is 15.3. The van der Waals surface area contributed by atoms with Crippen LogP contribution in [0, 0.1) is 5.41 Å². The molecule has 1 aliphatic rings. The number of hydrogen-bond acceptors (Lipinski definition) is 0. The van der Waals surface area contributed by atoms with Crippen LogP contribution in [0.1, 0.15) is 114 Å². The fraction of sp³-hybridized carbons (Fsp3) is 0.450. The summed E-state index contributed by atoms with van der Waals surface area (Å²) in [6.45, 7) is 22.3. The van der Waals surface area contributed by atoms with Gasteiger partial charge < -0.3 is 0 Å². The molecule has 1 rings (SSSR count). The van der Waals surface area contributed by atoms with Crippen LogP contribution in [0.3, 0.4) is 0 Å². The first-order valence-electron chi connectivity index (χ1n) is 15.3. The summed E-state index contributed by atoms with van der Waals surface area (Å²) in [6, 6.07) is 0. The minimum absolute atomic E-state index is 0.292. The van der Waals surface area contributed by atoms with Crippen LogP contribution in [0.2, 0.25) is 0 Å². The molecule has 0 radical (unpaired) electrons. The van der Waals surface area contributed by atoms with Crippen LogP contribution in [0.4, 0.5) is 0 Å². The van der Waals surface area contributed by atoms with Crippen molar-refractivity contribution in [3.63, 3.8) is 0 Å². The highest BCUT2D eigenvalue weighted by Gasteiger charge is 2.26. The van der Waals surface area contributed by atoms with Gasteiger partial charge in [0.15, 0.2) is 0 Å². The van der Waals surface area contributed by atoms with Crippen molar-refractivity contribution in [1.29, 1.82) is 0 Å². The lowest BCUT2D eigenvalue weighted by Crippen LogP contribution is -2.19. The van der Waals surface area contributed by atoms with Gasteiger partial charge in [0.1, 0.15) is 0 Å². The van der Waals surface area contributed by atoms with Crippen molar-refractivity contribution in [2.45, 2.75) is 114 Å². The van der Waals surface area contributed by atoms with Gasteiger partial charge in [-0.3, -0.25) is 0 Å². The second-order valence-corrected chi connectivity index (χ2v) is 12.3. The van der Waals surface area contributed by atoms with Gasteiger partial charge in [0.05, 0.1) is 0 Å². The Morgan fingerprint density at radius 1 is 0.675 bits per heavy atom. The average molecular weight is 539 g/mol. The predicted molar refractivity (Wildman–Crippen MR) is 184 cm³/mol. The van der Waals surface area contributed by atoms with E-state index in [9.17, 15) is 0 Å². The van der Waals surface area contributed by atoms with Crippen LogP contribution < -0.4 is 0 Å². The second kappa shape index (κ2) is 19.3. The topological polar surface area (TPSA) is 0 Å². The molecule has 0 nitrogen and oxygen atoms in total. The number of hydrogen-bond donors (Lipinski definition) is 0. The zero-order chi connectivity index (χ0) is 30.0. The van der Waals surface area contributed by atoms with Gasteiger partial charge in [0.25, 0.3) is 0 Å². The van der Waals surface area contributed by atoms with Gasteiger partial charge in [-0.05, 0) is 111 Å². The molecule has 0 aromatic rings. The Hall–Kier alpha value is -2.86. The maximum Gasteiger partial charge on any atom is -0.0104 e. The third-order valence-corrected chi connectivity index (χ3v) is 7.78. The van der Waals surface area contributed by atoms with Gasteiger partial charge in [-0.2, -0.15) is 0 Å². The van der Waals surface area contributed by atoms with E-state index in [-0.39, 0.29) is 0 Å². The van der Waals surface area contributed by atoms with E-state index < -0.39 is 0 Å². The highest BCUT2D eigenvalue weighted by molar-refractivity contribution is 5.37. The lowest BCUT2D eigenvalue weighted by Gasteiger charge is -2.32. The Morgan fingerprint density at radius 2 is 1.23 bits per heavy atom. The molecule has 0 N–H and O–H groups in total. The first-order chi connectivity index (χ1) is 18.9. The molecule has 0 amide bonds. The Bertz CT molecular complexity index is 1140. The number of rotatable bonds is 14. The zero-order valence-corrected chi connectivity index (χ0v) is 27.5. The van der Waals surface area contributed by atoms with E-state index in [1.54, 1.807) is 5.57 Å². The average Bonchev–Trinajstić information content (AvgIpc) is 2.89. The summed E-state index contributed by atoms with van der Waals surface area (Å²) in [5.41, 5.74) is 11.5.